The second kappa shape index (κ2) is 22.9. The van der Waals surface area contributed by atoms with Gasteiger partial charge in [-0.2, -0.15) is 9.97 Å². The lowest BCUT2D eigenvalue weighted by molar-refractivity contribution is -0.121. The van der Waals surface area contributed by atoms with Gasteiger partial charge in [0.25, 0.3) is 0 Å². The van der Waals surface area contributed by atoms with Gasteiger partial charge in [-0.05, 0) is 68.7 Å². The van der Waals surface area contributed by atoms with Gasteiger partial charge in [0.15, 0.2) is 11.5 Å². The number of aliphatic hydroxyl groups is 1. The number of hydrogen-bond acceptors (Lipinski definition) is 10. The van der Waals surface area contributed by atoms with E-state index in [1.54, 1.807) is 34.9 Å². The smallest absolute Gasteiger partial charge is 0.413 e. The first-order valence-electron chi connectivity index (χ1n) is 18.0. The lowest BCUT2D eigenvalue weighted by Crippen LogP contribution is -2.33. The Bertz CT molecular complexity index is 1760. The Labute approximate surface area is 316 Å². The molecule has 0 bridgehead atoms. The standard InChI is InChI=1S/C38H51ClN7O6P/c1-2-3-4-5-6-7-8-9-10-11-12-13-14-15-16-17-21-24-33(48)41-25-26-43-53(49,52-30-22-19-18-20-23-30)50-28-32-31(47)27-34(51-32)46-29-42-35-36(40)44-38(39)45-37(35)46/h3-4,6-7,9-10,12-13,15-16,18-20,22-23,29,31-32,34,47H,2,5,8,11,14,17,21,24-28H2,1H3,(H,41,48)(H,43,49)(H2,40,44,45). The highest BCUT2D eigenvalue weighted by Crippen LogP contribution is 2.45. The number of carbonyl (C=O) groups is 1. The first-order valence-corrected chi connectivity index (χ1v) is 19.9. The molecule has 3 heterocycles. The maximum absolute atomic E-state index is 13.8. The Kier molecular flexibility index (Phi) is 18.0. The number of anilines is 1. The molecule has 1 aliphatic heterocycles. The fraction of sp³-hybridized carbons (Fsp3) is 0.421. The molecule has 4 unspecified atom stereocenters. The molecule has 4 rings (SSSR count). The SMILES string of the molecule is CCC=CCC=CCC=CCC=CCC=CCCCC(=O)NCCNP(=O)(OCC1OC(n2cnc3c(N)nc(Cl)nc32)CC1O)Oc1ccccc1. The molecule has 2 aromatic heterocycles. The highest BCUT2D eigenvalue weighted by molar-refractivity contribution is 7.52. The number of aliphatic hydroxyl groups excluding tert-OH is 1. The van der Waals surface area contributed by atoms with E-state index in [0.29, 0.717) is 23.3 Å². The van der Waals surface area contributed by atoms with Crippen molar-refractivity contribution in [3.05, 3.63) is 103 Å². The number of unbranched alkanes of at least 4 members (excludes halogenated alkanes) is 1. The van der Waals surface area contributed by atoms with Crippen molar-refractivity contribution in [2.45, 2.75) is 83.1 Å². The molecule has 1 amide bonds. The molecule has 286 valence electrons. The minimum atomic E-state index is -3.96. The van der Waals surface area contributed by atoms with Crippen LogP contribution in [0.2, 0.25) is 5.28 Å². The Balaban J connectivity index is 1.14. The second-order valence-electron chi connectivity index (χ2n) is 12.2. The summed E-state index contributed by atoms with van der Waals surface area (Å²) in [4.78, 5) is 24.8. The van der Waals surface area contributed by atoms with Gasteiger partial charge in [0.05, 0.1) is 19.0 Å². The minimum Gasteiger partial charge on any atom is -0.413 e. The van der Waals surface area contributed by atoms with Crippen LogP contribution in [0.15, 0.2) is 97.4 Å². The average molecular weight is 768 g/mol. The zero-order valence-corrected chi connectivity index (χ0v) is 31.8. The van der Waals surface area contributed by atoms with Crippen molar-refractivity contribution in [2.24, 2.45) is 0 Å². The molecule has 5 N–H and O–H groups in total. The van der Waals surface area contributed by atoms with Gasteiger partial charge in [0, 0.05) is 25.9 Å². The number of rotatable bonds is 23. The third kappa shape index (κ3) is 14.7. The van der Waals surface area contributed by atoms with E-state index < -0.39 is 26.2 Å². The van der Waals surface area contributed by atoms with Gasteiger partial charge in [-0.15, -0.1) is 0 Å². The van der Waals surface area contributed by atoms with Crippen molar-refractivity contribution in [3.63, 3.8) is 0 Å². The molecule has 53 heavy (non-hydrogen) atoms. The van der Waals surface area contributed by atoms with E-state index in [-0.39, 0.29) is 43.1 Å². The molecule has 1 aromatic carbocycles. The van der Waals surface area contributed by atoms with Crippen molar-refractivity contribution in [1.82, 2.24) is 29.9 Å². The number of allylic oxidation sites excluding steroid dienone is 10. The summed E-state index contributed by atoms with van der Waals surface area (Å²) in [5, 5.41) is 16.4. The first kappa shape index (κ1) is 41.7. The summed E-state index contributed by atoms with van der Waals surface area (Å²) < 4.78 is 33.0. The lowest BCUT2D eigenvalue weighted by atomic mass is 10.2. The highest BCUT2D eigenvalue weighted by atomic mass is 35.5. The molecule has 0 radical (unpaired) electrons. The van der Waals surface area contributed by atoms with Crippen LogP contribution in [0.4, 0.5) is 5.82 Å². The largest absolute Gasteiger partial charge is 0.458 e. The molecule has 0 saturated carbocycles. The third-order valence-electron chi connectivity index (χ3n) is 8.00. The minimum absolute atomic E-state index is 0.0437. The van der Waals surface area contributed by atoms with E-state index in [2.05, 4.69) is 93.0 Å². The summed E-state index contributed by atoms with van der Waals surface area (Å²) in [7, 11) is -3.96. The van der Waals surface area contributed by atoms with E-state index in [4.69, 9.17) is 31.1 Å². The van der Waals surface area contributed by atoms with Crippen LogP contribution in [0.1, 0.15) is 70.9 Å². The van der Waals surface area contributed by atoms with E-state index in [0.717, 1.165) is 44.9 Å². The Hall–Kier alpha value is -4.10. The first-order chi connectivity index (χ1) is 25.8. The molecule has 3 aromatic rings. The van der Waals surface area contributed by atoms with Crippen LogP contribution < -0.4 is 20.7 Å². The molecule has 4 atom stereocenters. The van der Waals surface area contributed by atoms with Gasteiger partial charge in [-0.3, -0.25) is 13.9 Å². The molecule has 0 spiro atoms. The Morgan fingerprint density at radius 2 is 1.68 bits per heavy atom. The number of aromatic nitrogens is 4. The van der Waals surface area contributed by atoms with Gasteiger partial charge in [0.2, 0.25) is 11.2 Å². The van der Waals surface area contributed by atoms with Crippen LogP contribution >= 0.6 is 19.3 Å². The van der Waals surface area contributed by atoms with Gasteiger partial charge in [-0.25, -0.2) is 14.6 Å². The van der Waals surface area contributed by atoms with Crippen molar-refractivity contribution in [1.29, 1.82) is 0 Å². The normalized spacial score (nSPS) is 19.1. The average Bonchev–Trinajstić information content (AvgIpc) is 3.74. The van der Waals surface area contributed by atoms with Crippen LogP contribution in [-0.4, -0.2) is 62.4 Å². The Morgan fingerprint density at radius 3 is 2.36 bits per heavy atom. The van der Waals surface area contributed by atoms with Gasteiger partial charge in [-0.1, -0.05) is 85.9 Å². The molecule has 13 nitrogen and oxygen atoms in total. The number of amides is 1. The number of nitrogen functional groups attached to an aromatic ring is 1. The van der Waals surface area contributed by atoms with E-state index in [1.807, 2.05) is 0 Å². The number of imidazole rings is 1. The molecular formula is C38H51ClN7O6P. The van der Waals surface area contributed by atoms with Crippen molar-refractivity contribution in [2.75, 3.05) is 25.4 Å². The number of para-hydroxylation sites is 1. The van der Waals surface area contributed by atoms with Crippen LogP contribution in [0.5, 0.6) is 5.75 Å². The third-order valence-corrected chi connectivity index (χ3v) is 9.72. The number of fused-ring (bicyclic) bond motifs is 1. The van der Waals surface area contributed by atoms with Crippen LogP contribution in [0.25, 0.3) is 11.2 Å². The van der Waals surface area contributed by atoms with Crippen molar-refractivity contribution in [3.8, 4) is 5.75 Å². The van der Waals surface area contributed by atoms with Crippen molar-refractivity contribution < 1.29 is 28.3 Å². The number of ether oxygens (including phenoxy) is 1. The predicted octanol–water partition coefficient (Wildman–Crippen LogP) is 7.54. The van der Waals surface area contributed by atoms with Gasteiger partial charge in [0.1, 0.15) is 23.6 Å². The fourth-order valence-corrected chi connectivity index (χ4v) is 6.79. The maximum atomic E-state index is 13.8. The summed E-state index contributed by atoms with van der Waals surface area (Å²) in [5.41, 5.74) is 6.63. The number of nitrogens with zero attached hydrogens (tertiary/aromatic N) is 4. The van der Waals surface area contributed by atoms with Crippen LogP contribution in [0, 0.1) is 0 Å². The number of nitrogens with one attached hydrogen (secondary N) is 2. The monoisotopic (exact) mass is 767 g/mol. The quantitative estimate of drug-likeness (QED) is 0.0325. The number of nitrogens with two attached hydrogens (primary N) is 1. The molecule has 15 heteroatoms. The maximum Gasteiger partial charge on any atom is 0.458 e. The van der Waals surface area contributed by atoms with Gasteiger partial charge < -0.3 is 25.4 Å². The zero-order valence-electron chi connectivity index (χ0n) is 30.1. The lowest BCUT2D eigenvalue weighted by Gasteiger charge is -2.22. The van der Waals surface area contributed by atoms with E-state index >= 15 is 0 Å². The summed E-state index contributed by atoms with van der Waals surface area (Å²) in [6, 6.07) is 8.59. The van der Waals surface area contributed by atoms with Gasteiger partial charge >= 0.3 is 7.75 Å². The fourth-order valence-electron chi connectivity index (χ4n) is 5.29. The highest BCUT2D eigenvalue weighted by Gasteiger charge is 2.38. The topological polar surface area (TPSA) is 176 Å². The van der Waals surface area contributed by atoms with E-state index in [9.17, 15) is 14.5 Å². The Morgan fingerprint density at radius 1 is 1.02 bits per heavy atom. The molecule has 1 saturated heterocycles. The summed E-state index contributed by atoms with van der Waals surface area (Å²) in [5.74, 6) is 0.347. The molecule has 1 fully saturated rings. The summed E-state index contributed by atoms with van der Waals surface area (Å²) in [6.45, 7) is 2.21. The van der Waals surface area contributed by atoms with Crippen molar-refractivity contribution >= 4 is 42.2 Å². The number of carbonyl (C=O) groups excluding carboxylic acids is 1. The molecule has 0 aliphatic carbocycles. The summed E-state index contributed by atoms with van der Waals surface area (Å²) in [6.07, 6.45) is 27.5. The predicted molar refractivity (Wildman–Crippen MR) is 209 cm³/mol. The summed E-state index contributed by atoms with van der Waals surface area (Å²) >= 11 is 5.99. The van der Waals surface area contributed by atoms with Crippen LogP contribution in [0.3, 0.4) is 0 Å². The number of hydrogen-bond donors (Lipinski definition) is 4. The molecular weight excluding hydrogens is 717 g/mol. The van der Waals surface area contributed by atoms with Crippen LogP contribution in [-0.2, 0) is 18.6 Å². The second-order valence-corrected chi connectivity index (χ2v) is 14.3. The van der Waals surface area contributed by atoms with E-state index in [1.165, 1.54) is 6.33 Å². The number of halogens is 1. The number of benzene rings is 1. The molecule has 1 aliphatic rings. The zero-order chi connectivity index (χ0) is 37.7.